The molecule has 2 heterocycles. The number of esters is 1. The lowest BCUT2D eigenvalue weighted by Crippen LogP contribution is -2.42. The second-order valence-corrected chi connectivity index (χ2v) is 7.61. The highest BCUT2D eigenvalue weighted by atomic mass is 16.5. The minimum absolute atomic E-state index is 0.104. The molecule has 3 rings (SSSR count). The molecule has 3 amide bonds. The van der Waals surface area contributed by atoms with Gasteiger partial charge in [0.05, 0.1) is 6.10 Å². The van der Waals surface area contributed by atoms with E-state index in [0.29, 0.717) is 0 Å². The van der Waals surface area contributed by atoms with E-state index in [0.717, 1.165) is 55.8 Å². The fourth-order valence-corrected chi connectivity index (χ4v) is 3.36. The molecule has 0 bridgehead atoms. The number of carbonyl (C=O) groups is 3. The highest BCUT2D eigenvalue weighted by molar-refractivity contribution is 6.00. The van der Waals surface area contributed by atoms with Crippen molar-refractivity contribution in [3.63, 3.8) is 0 Å². The lowest BCUT2D eigenvalue weighted by Gasteiger charge is -2.14. The third kappa shape index (κ3) is 5.70. The van der Waals surface area contributed by atoms with Crippen LogP contribution in [0.3, 0.4) is 0 Å². The van der Waals surface area contributed by atoms with Crippen LogP contribution >= 0.6 is 0 Å². The van der Waals surface area contributed by atoms with Gasteiger partial charge in [0, 0.05) is 30.6 Å². The van der Waals surface area contributed by atoms with E-state index in [1.807, 2.05) is 26.0 Å². The Hall–Kier alpha value is -3.12. The SMILES string of the molecule is Cc1cc(/C=C(\C#N)C(=O)OCC(=O)NC(=O)NC2CC2)c(C)n1C[C@@H]1CCCO1. The summed E-state index contributed by atoms with van der Waals surface area (Å²) in [7, 11) is 0. The Labute approximate surface area is 175 Å². The molecule has 1 saturated carbocycles. The van der Waals surface area contributed by atoms with Gasteiger partial charge in [-0.05, 0) is 57.2 Å². The molecule has 2 aliphatic rings. The van der Waals surface area contributed by atoms with Gasteiger partial charge in [0.15, 0.2) is 6.61 Å². The van der Waals surface area contributed by atoms with E-state index in [-0.39, 0.29) is 17.7 Å². The summed E-state index contributed by atoms with van der Waals surface area (Å²) in [4.78, 5) is 35.5. The minimum atomic E-state index is -0.917. The largest absolute Gasteiger partial charge is 0.451 e. The molecule has 30 heavy (non-hydrogen) atoms. The highest BCUT2D eigenvalue weighted by Gasteiger charge is 2.24. The molecule has 1 aromatic rings. The first kappa shape index (κ1) is 21.6. The lowest BCUT2D eigenvalue weighted by molar-refractivity contribution is -0.144. The summed E-state index contributed by atoms with van der Waals surface area (Å²) < 4.78 is 12.7. The fourth-order valence-electron chi connectivity index (χ4n) is 3.36. The molecular weight excluding hydrogens is 388 g/mol. The Kier molecular flexibility index (Phi) is 6.90. The van der Waals surface area contributed by atoms with Gasteiger partial charge in [-0.15, -0.1) is 0 Å². The van der Waals surface area contributed by atoms with Gasteiger partial charge in [-0.3, -0.25) is 10.1 Å². The van der Waals surface area contributed by atoms with E-state index < -0.39 is 24.5 Å². The van der Waals surface area contributed by atoms with Crippen molar-refractivity contribution in [3.05, 3.63) is 28.6 Å². The Bertz CT molecular complexity index is 901. The first-order valence-corrected chi connectivity index (χ1v) is 10.0. The van der Waals surface area contributed by atoms with E-state index in [2.05, 4.69) is 15.2 Å². The van der Waals surface area contributed by atoms with Crippen molar-refractivity contribution in [3.8, 4) is 6.07 Å². The number of ether oxygens (including phenoxy) is 2. The zero-order valence-electron chi connectivity index (χ0n) is 17.2. The molecule has 0 spiro atoms. The van der Waals surface area contributed by atoms with Crippen LogP contribution in [0.4, 0.5) is 4.79 Å². The van der Waals surface area contributed by atoms with Gasteiger partial charge >= 0.3 is 12.0 Å². The van der Waals surface area contributed by atoms with E-state index in [9.17, 15) is 19.6 Å². The summed E-state index contributed by atoms with van der Waals surface area (Å²) in [5.41, 5.74) is 2.42. The highest BCUT2D eigenvalue weighted by Crippen LogP contribution is 2.22. The van der Waals surface area contributed by atoms with E-state index >= 15 is 0 Å². The van der Waals surface area contributed by atoms with Crippen LogP contribution in [-0.2, 0) is 25.6 Å². The zero-order valence-corrected chi connectivity index (χ0v) is 17.2. The molecule has 9 heteroatoms. The summed E-state index contributed by atoms with van der Waals surface area (Å²) in [5.74, 6) is -1.67. The molecule has 1 atom stereocenters. The summed E-state index contributed by atoms with van der Waals surface area (Å²) >= 11 is 0. The predicted octanol–water partition coefficient (Wildman–Crippen LogP) is 1.72. The Morgan fingerprint density at radius 2 is 2.10 bits per heavy atom. The van der Waals surface area contributed by atoms with Crippen molar-refractivity contribution in [2.75, 3.05) is 13.2 Å². The van der Waals surface area contributed by atoms with Crippen LogP contribution in [0.5, 0.6) is 0 Å². The van der Waals surface area contributed by atoms with Crippen LogP contribution in [0.1, 0.15) is 42.6 Å². The fraction of sp³-hybridized carbons (Fsp3) is 0.524. The minimum Gasteiger partial charge on any atom is -0.451 e. The Morgan fingerprint density at radius 1 is 1.33 bits per heavy atom. The number of nitrogens with one attached hydrogen (secondary N) is 2. The van der Waals surface area contributed by atoms with Crippen LogP contribution in [-0.4, -0.2) is 47.8 Å². The molecule has 1 aliphatic carbocycles. The number of amides is 3. The first-order chi connectivity index (χ1) is 14.4. The normalized spacial score (nSPS) is 18.6. The number of rotatable bonds is 7. The summed E-state index contributed by atoms with van der Waals surface area (Å²) in [5, 5.41) is 14.0. The van der Waals surface area contributed by atoms with Crippen molar-refractivity contribution in [1.29, 1.82) is 5.26 Å². The van der Waals surface area contributed by atoms with Crippen LogP contribution in [0, 0.1) is 25.2 Å². The quantitative estimate of drug-likeness (QED) is 0.398. The number of hydrogen-bond donors (Lipinski definition) is 2. The maximum absolute atomic E-state index is 12.2. The second-order valence-electron chi connectivity index (χ2n) is 7.61. The van der Waals surface area contributed by atoms with E-state index in [4.69, 9.17) is 9.47 Å². The smallest absolute Gasteiger partial charge is 0.349 e. The maximum atomic E-state index is 12.2. The molecular formula is C21H26N4O5. The first-order valence-electron chi connectivity index (χ1n) is 10.0. The van der Waals surface area contributed by atoms with E-state index in [1.54, 1.807) is 0 Å². The van der Waals surface area contributed by atoms with Gasteiger partial charge in [-0.2, -0.15) is 5.26 Å². The second kappa shape index (κ2) is 9.59. The average Bonchev–Trinajstić information content (AvgIpc) is 3.28. The van der Waals surface area contributed by atoms with Crippen LogP contribution in [0.2, 0.25) is 0 Å². The Morgan fingerprint density at radius 3 is 2.73 bits per heavy atom. The van der Waals surface area contributed by atoms with Crippen molar-refractivity contribution >= 4 is 24.0 Å². The van der Waals surface area contributed by atoms with Crippen LogP contribution in [0.25, 0.3) is 6.08 Å². The number of aryl methyl sites for hydroxylation is 1. The van der Waals surface area contributed by atoms with Crippen molar-refractivity contribution < 1.29 is 23.9 Å². The number of urea groups is 1. The molecule has 160 valence electrons. The average molecular weight is 414 g/mol. The number of carbonyl (C=O) groups excluding carboxylic acids is 3. The summed E-state index contributed by atoms with van der Waals surface area (Å²) in [6.45, 7) is 4.73. The number of nitrogens with zero attached hydrogens (tertiary/aromatic N) is 2. The van der Waals surface area contributed by atoms with Gasteiger partial charge in [-0.25, -0.2) is 9.59 Å². The molecule has 2 fully saturated rings. The lowest BCUT2D eigenvalue weighted by atomic mass is 10.1. The predicted molar refractivity (Wildman–Crippen MR) is 107 cm³/mol. The molecule has 1 saturated heterocycles. The van der Waals surface area contributed by atoms with Crippen molar-refractivity contribution in [2.45, 2.75) is 58.2 Å². The topological polar surface area (TPSA) is 122 Å². The van der Waals surface area contributed by atoms with Gasteiger partial charge in [-0.1, -0.05) is 0 Å². The molecule has 0 unspecified atom stereocenters. The van der Waals surface area contributed by atoms with Crippen LogP contribution in [0.15, 0.2) is 11.6 Å². The monoisotopic (exact) mass is 414 g/mol. The number of hydrogen-bond acceptors (Lipinski definition) is 6. The third-order valence-corrected chi connectivity index (χ3v) is 5.16. The molecule has 0 radical (unpaired) electrons. The van der Waals surface area contributed by atoms with Gasteiger partial charge in [0.1, 0.15) is 11.6 Å². The number of aromatic nitrogens is 1. The Balaban J connectivity index is 1.58. The van der Waals surface area contributed by atoms with E-state index in [1.165, 1.54) is 6.08 Å². The van der Waals surface area contributed by atoms with Gasteiger partial charge < -0.3 is 19.4 Å². The van der Waals surface area contributed by atoms with Crippen LogP contribution < -0.4 is 10.6 Å². The maximum Gasteiger partial charge on any atom is 0.349 e. The number of imide groups is 1. The molecule has 2 N–H and O–H groups in total. The summed E-state index contributed by atoms with van der Waals surface area (Å²) in [6, 6.07) is 3.20. The molecule has 1 aromatic heterocycles. The standard InChI is InChI=1S/C21H26N4O5/c1-13-8-15(14(2)25(13)11-18-4-3-7-29-18)9-16(10-22)20(27)30-12-19(26)24-21(28)23-17-5-6-17/h8-9,17-18H,3-7,11-12H2,1-2H3,(H2,23,24,26,28)/b16-9+/t18-/m0/s1. The zero-order chi connectivity index (χ0) is 21.7. The van der Waals surface area contributed by atoms with Crippen molar-refractivity contribution in [1.82, 2.24) is 15.2 Å². The van der Waals surface area contributed by atoms with Gasteiger partial charge in [0.2, 0.25) is 0 Å². The molecule has 1 aliphatic heterocycles. The van der Waals surface area contributed by atoms with Gasteiger partial charge in [0.25, 0.3) is 5.91 Å². The third-order valence-electron chi connectivity index (χ3n) is 5.16. The summed E-state index contributed by atoms with van der Waals surface area (Å²) in [6.07, 6.45) is 5.47. The molecule has 9 nitrogen and oxygen atoms in total. The van der Waals surface area contributed by atoms with Crippen molar-refractivity contribution in [2.24, 2.45) is 0 Å². The number of nitriles is 1. The molecule has 0 aromatic carbocycles.